The first-order valence-corrected chi connectivity index (χ1v) is 11.5. The van der Waals surface area contributed by atoms with Crippen molar-refractivity contribution in [2.24, 2.45) is 10.4 Å². The highest BCUT2D eigenvalue weighted by atomic mass is 19.4. The predicted molar refractivity (Wildman–Crippen MR) is 130 cm³/mol. The Morgan fingerprint density at radius 3 is 2.54 bits per heavy atom. The van der Waals surface area contributed by atoms with Crippen molar-refractivity contribution in [3.05, 3.63) is 71.6 Å². The topological polar surface area (TPSA) is 128 Å². The van der Waals surface area contributed by atoms with Crippen molar-refractivity contribution in [1.82, 2.24) is 20.3 Å². The van der Waals surface area contributed by atoms with Crippen molar-refractivity contribution < 1.29 is 36.6 Å². The molecule has 0 aliphatic carbocycles. The van der Waals surface area contributed by atoms with Gasteiger partial charge in [0.15, 0.2) is 0 Å². The monoisotopic (exact) mass is 546 g/mol. The molecule has 10 nitrogen and oxygen atoms in total. The highest BCUT2D eigenvalue weighted by Crippen LogP contribution is 2.36. The molecule has 2 amide bonds. The summed E-state index contributed by atoms with van der Waals surface area (Å²) >= 11 is 0. The molecule has 0 spiro atoms. The maximum absolute atomic E-state index is 13.3. The van der Waals surface area contributed by atoms with E-state index in [9.17, 15) is 27.2 Å². The summed E-state index contributed by atoms with van der Waals surface area (Å²) in [4.78, 5) is 41.2. The van der Waals surface area contributed by atoms with Gasteiger partial charge in [-0.2, -0.15) is 13.2 Å². The number of hydrogen-bond acceptors (Lipinski definition) is 8. The number of halogens is 4. The SMILES string of the molecule is COc1ncc(C(=O)N=CC2(C(=O)NCc3ccc(Nc4ccc(F)cc4C(F)(F)F)cn3)CCOC2)cn1. The van der Waals surface area contributed by atoms with Crippen LogP contribution in [0.4, 0.5) is 28.9 Å². The van der Waals surface area contributed by atoms with Gasteiger partial charge in [0.05, 0.1) is 54.7 Å². The molecule has 204 valence electrons. The minimum atomic E-state index is -4.75. The molecule has 1 fully saturated rings. The van der Waals surface area contributed by atoms with E-state index >= 15 is 0 Å². The Balaban J connectivity index is 1.39. The molecule has 1 unspecified atom stereocenters. The standard InChI is InChI=1S/C25H22F4N6O4/c1-38-23-32-9-15(10-33-23)21(36)34-13-24(6-7-39-14-24)22(37)31-11-17-3-4-18(12-30-17)35-20-5-2-16(26)8-19(20)25(27,28)29/h2-5,8-10,12-13,35H,6-7,11,14H2,1H3,(H,31,37). The van der Waals surface area contributed by atoms with Crippen LogP contribution in [0, 0.1) is 11.2 Å². The molecule has 39 heavy (non-hydrogen) atoms. The molecule has 1 aromatic carbocycles. The van der Waals surface area contributed by atoms with E-state index in [0.717, 1.165) is 12.1 Å². The zero-order chi connectivity index (χ0) is 28.0. The highest BCUT2D eigenvalue weighted by molar-refractivity contribution is 6.05. The number of alkyl halides is 3. The van der Waals surface area contributed by atoms with Gasteiger partial charge in [0.25, 0.3) is 5.91 Å². The number of ether oxygens (including phenoxy) is 2. The zero-order valence-electron chi connectivity index (χ0n) is 20.5. The molecular formula is C25H22F4N6O4. The first-order chi connectivity index (χ1) is 18.6. The van der Waals surface area contributed by atoms with Crippen molar-refractivity contribution in [1.29, 1.82) is 0 Å². The molecule has 3 aromatic rings. The summed E-state index contributed by atoms with van der Waals surface area (Å²) in [7, 11) is 1.39. The maximum Gasteiger partial charge on any atom is 0.418 e. The van der Waals surface area contributed by atoms with Gasteiger partial charge >= 0.3 is 12.2 Å². The molecule has 1 atom stereocenters. The second-order valence-electron chi connectivity index (χ2n) is 8.51. The van der Waals surface area contributed by atoms with Crippen molar-refractivity contribution in [3.63, 3.8) is 0 Å². The van der Waals surface area contributed by atoms with Crippen LogP contribution in [-0.2, 0) is 22.3 Å². The summed E-state index contributed by atoms with van der Waals surface area (Å²) < 4.78 is 63.3. The molecule has 1 aliphatic rings. The molecule has 3 heterocycles. The lowest BCUT2D eigenvalue weighted by atomic mass is 9.87. The number of nitrogens with zero attached hydrogens (tertiary/aromatic N) is 4. The Labute approximate surface area is 219 Å². The number of anilines is 2. The number of carbonyl (C=O) groups is 2. The van der Waals surface area contributed by atoms with Crippen molar-refractivity contribution in [2.75, 3.05) is 25.6 Å². The first-order valence-electron chi connectivity index (χ1n) is 11.5. The number of aliphatic imine (C=N–C) groups is 1. The van der Waals surface area contributed by atoms with E-state index in [-0.39, 0.29) is 36.1 Å². The number of benzene rings is 1. The third-order valence-electron chi connectivity index (χ3n) is 5.81. The maximum atomic E-state index is 13.3. The third-order valence-corrected chi connectivity index (χ3v) is 5.81. The predicted octanol–water partition coefficient (Wildman–Crippen LogP) is 3.72. The van der Waals surface area contributed by atoms with Crippen LogP contribution < -0.4 is 15.4 Å². The van der Waals surface area contributed by atoms with E-state index in [1.54, 1.807) is 0 Å². The highest BCUT2D eigenvalue weighted by Gasteiger charge is 2.41. The molecule has 14 heteroatoms. The minimum absolute atomic E-state index is 0.000676. The Kier molecular flexibility index (Phi) is 8.14. The average Bonchev–Trinajstić information content (AvgIpc) is 3.42. The van der Waals surface area contributed by atoms with Crippen LogP contribution in [-0.4, -0.2) is 53.3 Å². The van der Waals surface area contributed by atoms with Crippen molar-refractivity contribution in [2.45, 2.75) is 19.1 Å². The van der Waals surface area contributed by atoms with Gasteiger partial charge in [-0.1, -0.05) is 0 Å². The summed E-state index contributed by atoms with van der Waals surface area (Å²) in [6, 6.07) is 5.39. The molecule has 1 aliphatic heterocycles. The number of aromatic nitrogens is 3. The lowest BCUT2D eigenvalue weighted by molar-refractivity contribution is -0.137. The van der Waals surface area contributed by atoms with E-state index < -0.39 is 34.8 Å². The first kappa shape index (κ1) is 27.6. The molecule has 2 aromatic heterocycles. The Hall–Kier alpha value is -4.46. The molecule has 0 saturated carbocycles. The van der Waals surface area contributed by atoms with Crippen molar-refractivity contribution >= 4 is 29.4 Å². The van der Waals surface area contributed by atoms with Crippen LogP contribution in [0.3, 0.4) is 0 Å². The largest absolute Gasteiger partial charge is 0.467 e. The normalized spacial score (nSPS) is 17.3. The molecule has 0 radical (unpaired) electrons. The molecule has 0 bridgehead atoms. The zero-order valence-corrected chi connectivity index (χ0v) is 20.5. The van der Waals surface area contributed by atoms with Crippen molar-refractivity contribution in [3.8, 4) is 6.01 Å². The van der Waals surface area contributed by atoms with Gasteiger partial charge in [0.1, 0.15) is 11.2 Å². The van der Waals surface area contributed by atoms with Crippen LogP contribution >= 0.6 is 0 Å². The fourth-order valence-electron chi connectivity index (χ4n) is 3.67. The van der Waals surface area contributed by atoms with Gasteiger partial charge in [-0.15, -0.1) is 0 Å². The van der Waals surface area contributed by atoms with Crippen LogP contribution in [0.5, 0.6) is 6.01 Å². The Morgan fingerprint density at radius 1 is 1.15 bits per heavy atom. The van der Waals surface area contributed by atoms with E-state index in [4.69, 9.17) is 9.47 Å². The lowest BCUT2D eigenvalue weighted by Gasteiger charge is -2.21. The van der Waals surface area contributed by atoms with Crippen LogP contribution in [0.1, 0.15) is 28.0 Å². The number of methoxy groups -OCH3 is 1. The van der Waals surface area contributed by atoms with Gasteiger partial charge in [-0.05, 0) is 36.8 Å². The molecule has 4 rings (SSSR count). The second kappa shape index (κ2) is 11.5. The van der Waals surface area contributed by atoms with Crippen LogP contribution in [0.2, 0.25) is 0 Å². The number of pyridine rings is 1. The molecular weight excluding hydrogens is 524 g/mol. The summed E-state index contributed by atoms with van der Waals surface area (Å²) in [5.41, 5.74) is -1.89. The fourth-order valence-corrected chi connectivity index (χ4v) is 3.67. The van der Waals surface area contributed by atoms with E-state index in [0.29, 0.717) is 24.8 Å². The Morgan fingerprint density at radius 2 is 1.92 bits per heavy atom. The third kappa shape index (κ3) is 6.71. The van der Waals surface area contributed by atoms with Gasteiger partial charge in [-0.25, -0.2) is 19.4 Å². The summed E-state index contributed by atoms with van der Waals surface area (Å²) in [5, 5.41) is 5.31. The minimum Gasteiger partial charge on any atom is -0.467 e. The number of rotatable bonds is 8. The van der Waals surface area contributed by atoms with Gasteiger partial charge in [0, 0.05) is 25.2 Å². The summed E-state index contributed by atoms with van der Waals surface area (Å²) in [6.45, 7) is 0.310. The van der Waals surface area contributed by atoms with Gasteiger partial charge in [-0.3, -0.25) is 14.6 Å². The number of carbonyl (C=O) groups excluding carboxylic acids is 2. The summed E-state index contributed by atoms with van der Waals surface area (Å²) in [6.07, 6.45) is 0.601. The smallest absolute Gasteiger partial charge is 0.418 e. The number of nitrogens with one attached hydrogen (secondary N) is 2. The summed E-state index contributed by atoms with van der Waals surface area (Å²) in [5.74, 6) is -2.09. The van der Waals surface area contributed by atoms with Gasteiger partial charge < -0.3 is 20.1 Å². The van der Waals surface area contributed by atoms with E-state index in [1.807, 2.05) is 0 Å². The van der Waals surface area contributed by atoms with E-state index in [1.165, 1.54) is 44.0 Å². The average molecular weight is 546 g/mol. The molecule has 2 N–H and O–H groups in total. The quantitative estimate of drug-likeness (QED) is 0.323. The van der Waals surface area contributed by atoms with Gasteiger partial charge in [0.2, 0.25) is 5.91 Å². The fraction of sp³-hybridized carbons (Fsp3) is 0.280. The lowest BCUT2D eigenvalue weighted by Crippen LogP contribution is -2.42. The van der Waals surface area contributed by atoms with E-state index in [2.05, 4.69) is 30.6 Å². The number of hydrogen-bond donors (Lipinski definition) is 2. The second-order valence-corrected chi connectivity index (χ2v) is 8.51. The number of amides is 2. The van der Waals surface area contributed by atoms with Crippen LogP contribution in [0.15, 0.2) is 53.9 Å². The Bertz CT molecular complexity index is 1360. The van der Waals surface area contributed by atoms with Crippen LogP contribution in [0.25, 0.3) is 0 Å². The molecule has 1 saturated heterocycles.